The molecule has 1 N–H and O–H groups in total. The molecule has 0 unspecified atom stereocenters. The molecule has 1 fully saturated rings. The van der Waals surface area contributed by atoms with Crippen LogP contribution in [0.2, 0.25) is 5.02 Å². The molecule has 10 heteroatoms. The van der Waals surface area contributed by atoms with E-state index in [1.165, 1.54) is 11.8 Å². The fourth-order valence-corrected chi connectivity index (χ4v) is 6.16. The molecule has 1 aliphatic rings. The van der Waals surface area contributed by atoms with Gasteiger partial charge in [-0.05, 0) is 114 Å². The van der Waals surface area contributed by atoms with E-state index >= 15 is 0 Å². The second-order valence-corrected chi connectivity index (χ2v) is 12.0. The van der Waals surface area contributed by atoms with E-state index in [0.29, 0.717) is 38.9 Å². The fourth-order valence-electron chi connectivity index (χ4n) is 4.20. The molecular formula is C33H27ClIN3O4S. The minimum atomic E-state index is -0.330. The van der Waals surface area contributed by atoms with Crippen molar-refractivity contribution in [2.75, 3.05) is 23.4 Å². The van der Waals surface area contributed by atoms with Gasteiger partial charge in [-0.15, -0.1) is 0 Å². The zero-order valence-electron chi connectivity index (χ0n) is 23.3. The van der Waals surface area contributed by atoms with Crippen molar-refractivity contribution in [3.63, 3.8) is 0 Å². The van der Waals surface area contributed by atoms with Gasteiger partial charge in [0.2, 0.25) is 0 Å². The van der Waals surface area contributed by atoms with E-state index in [1.807, 2.05) is 92.7 Å². The summed E-state index contributed by atoms with van der Waals surface area (Å²) in [6.45, 7) is 3.94. The van der Waals surface area contributed by atoms with Gasteiger partial charge >= 0.3 is 0 Å². The molecule has 0 spiro atoms. The molecule has 0 radical (unpaired) electrons. The Bertz CT molecular complexity index is 1710. The number of nitrogens with zero attached hydrogens (tertiary/aromatic N) is 2. The first-order valence-electron chi connectivity index (χ1n) is 13.4. The maximum Gasteiger partial charge on any atom is 0.271 e. The lowest BCUT2D eigenvalue weighted by atomic mass is 10.1. The number of halogens is 2. The maximum atomic E-state index is 13.7. The second-order valence-electron chi connectivity index (χ2n) is 9.38. The highest BCUT2D eigenvalue weighted by Crippen LogP contribution is 2.39. The van der Waals surface area contributed by atoms with Crippen LogP contribution in [-0.2, 0) is 9.59 Å². The van der Waals surface area contributed by atoms with Crippen molar-refractivity contribution >= 4 is 86.1 Å². The number of nitrogens with one attached hydrogen (secondary N) is 1. The molecular weight excluding hydrogens is 697 g/mol. The number of hydrogen-bond donors (Lipinski definition) is 1. The summed E-state index contributed by atoms with van der Waals surface area (Å²) < 4.78 is 12.5. The number of aliphatic imine (C=N–C) groups is 1. The van der Waals surface area contributed by atoms with Crippen LogP contribution in [0.25, 0.3) is 6.08 Å². The van der Waals surface area contributed by atoms with Crippen LogP contribution < -0.4 is 19.7 Å². The monoisotopic (exact) mass is 723 g/mol. The number of rotatable bonds is 9. The number of para-hydroxylation sites is 2. The van der Waals surface area contributed by atoms with Crippen molar-refractivity contribution in [2.24, 2.45) is 4.99 Å². The molecule has 4 aromatic rings. The standard InChI is InChI=1S/C33H27ClIN3O4S/c1-3-41-28-17-22(16-27(35)31(28)42-20-30(39)36-24-15-14-21(2)26(34)19-24)18-29-32(40)38(25-12-8-5-9-13-25)33(43-29)37-23-10-6-4-7-11-23/h4-19H,3,20H2,1-2H3,(H,36,39)/b29-18-,37-33?. The molecule has 1 heterocycles. The Kier molecular flexibility index (Phi) is 10.1. The van der Waals surface area contributed by atoms with Gasteiger partial charge in [0.05, 0.1) is 26.5 Å². The summed E-state index contributed by atoms with van der Waals surface area (Å²) in [4.78, 5) is 33.2. The third-order valence-electron chi connectivity index (χ3n) is 6.23. The van der Waals surface area contributed by atoms with Crippen molar-refractivity contribution in [1.82, 2.24) is 0 Å². The number of carbonyl (C=O) groups is 2. The van der Waals surface area contributed by atoms with E-state index in [-0.39, 0.29) is 18.4 Å². The molecule has 0 aromatic heterocycles. The Morgan fingerprint density at radius 1 is 1.02 bits per heavy atom. The van der Waals surface area contributed by atoms with Gasteiger partial charge in [-0.3, -0.25) is 14.5 Å². The van der Waals surface area contributed by atoms with Crippen molar-refractivity contribution in [3.05, 3.63) is 116 Å². The maximum absolute atomic E-state index is 13.7. The first-order chi connectivity index (χ1) is 20.8. The third kappa shape index (κ3) is 7.59. The molecule has 0 bridgehead atoms. The number of amides is 2. The molecule has 7 nitrogen and oxygen atoms in total. The Labute approximate surface area is 273 Å². The SMILES string of the molecule is CCOc1cc(/C=C2\SC(=Nc3ccccc3)N(c3ccccc3)C2=O)cc(I)c1OCC(=O)Nc1ccc(C)c(Cl)c1. The zero-order valence-corrected chi connectivity index (χ0v) is 27.1. The molecule has 0 aliphatic carbocycles. The largest absolute Gasteiger partial charge is 0.490 e. The number of anilines is 2. The van der Waals surface area contributed by atoms with Crippen molar-refractivity contribution in [3.8, 4) is 11.5 Å². The van der Waals surface area contributed by atoms with E-state index < -0.39 is 0 Å². The molecule has 0 saturated carbocycles. The van der Waals surface area contributed by atoms with Gasteiger partial charge in [-0.1, -0.05) is 54.1 Å². The topological polar surface area (TPSA) is 80.2 Å². The highest BCUT2D eigenvalue weighted by molar-refractivity contribution is 14.1. The van der Waals surface area contributed by atoms with Crippen LogP contribution in [0.1, 0.15) is 18.1 Å². The minimum absolute atomic E-state index is 0.174. The van der Waals surface area contributed by atoms with E-state index in [9.17, 15) is 9.59 Å². The van der Waals surface area contributed by atoms with Crippen LogP contribution in [0.15, 0.2) is 101 Å². The molecule has 43 heavy (non-hydrogen) atoms. The molecule has 1 aliphatic heterocycles. The highest BCUT2D eigenvalue weighted by Gasteiger charge is 2.34. The smallest absolute Gasteiger partial charge is 0.271 e. The summed E-state index contributed by atoms with van der Waals surface area (Å²) in [6.07, 6.45) is 1.82. The lowest BCUT2D eigenvalue weighted by Crippen LogP contribution is -2.28. The molecule has 5 rings (SSSR count). The summed E-state index contributed by atoms with van der Waals surface area (Å²) in [5, 5.41) is 3.93. The van der Waals surface area contributed by atoms with Gasteiger partial charge in [0, 0.05) is 10.7 Å². The van der Waals surface area contributed by atoms with E-state index in [1.54, 1.807) is 23.1 Å². The number of aryl methyl sites for hydroxylation is 1. The van der Waals surface area contributed by atoms with Crippen molar-refractivity contribution < 1.29 is 19.1 Å². The van der Waals surface area contributed by atoms with Crippen LogP contribution >= 0.6 is 46.0 Å². The lowest BCUT2D eigenvalue weighted by Gasteiger charge is -2.15. The molecule has 0 atom stereocenters. The zero-order chi connectivity index (χ0) is 30.3. The molecule has 2 amide bonds. The first kappa shape index (κ1) is 30.7. The van der Waals surface area contributed by atoms with Crippen LogP contribution in [0.5, 0.6) is 11.5 Å². The fraction of sp³-hybridized carbons (Fsp3) is 0.121. The summed E-state index contributed by atoms with van der Waals surface area (Å²) in [5.41, 5.74) is 3.75. The van der Waals surface area contributed by atoms with E-state index in [0.717, 1.165) is 26.1 Å². The Hall–Kier alpha value is -3.80. The van der Waals surface area contributed by atoms with Gasteiger partial charge < -0.3 is 14.8 Å². The predicted octanol–water partition coefficient (Wildman–Crippen LogP) is 8.48. The van der Waals surface area contributed by atoms with Crippen LogP contribution in [0.3, 0.4) is 0 Å². The van der Waals surface area contributed by atoms with Crippen LogP contribution in [0, 0.1) is 10.5 Å². The summed E-state index contributed by atoms with van der Waals surface area (Å²) >= 11 is 9.63. The number of ether oxygens (including phenoxy) is 2. The number of benzene rings is 4. The van der Waals surface area contributed by atoms with Crippen molar-refractivity contribution in [1.29, 1.82) is 0 Å². The van der Waals surface area contributed by atoms with Gasteiger partial charge in [0.25, 0.3) is 11.8 Å². The Morgan fingerprint density at radius 3 is 2.44 bits per heavy atom. The normalized spacial score (nSPS) is 14.8. The molecule has 1 saturated heterocycles. The third-order valence-corrected chi connectivity index (χ3v) is 8.41. The highest BCUT2D eigenvalue weighted by atomic mass is 127. The summed E-state index contributed by atoms with van der Waals surface area (Å²) in [5.74, 6) is 0.418. The van der Waals surface area contributed by atoms with Gasteiger partial charge in [-0.2, -0.15) is 0 Å². The number of hydrogen-bond acceptors (Lipinski definition) is 6. The van der Waals surface area contributed by atoms with Gasteiger partial charge in [0.15, 0.2) is 23.3 Å². The Morgan fingerprint density at radius 2 is 1.74 bits per heavy atom. The molecule has 218 valence electrons. The summed E-state index contributed by atoms with van der Waals surface area (Å²) in [6, 6.07) is 28.0. The van der Waals surface area contributed by atoms with Crippen LogP contribution in [0.4, 0.5) is 17.1 Å². The van der Waals surface area contributed by atoms with Gasteiger partial charge in [-0.25, -0.2) is 4.99 Å². The number of amidine groups is 1. The van der Waals surface area contributed by atoms with Crippen LogP contribution in [-0.4, -0.2) is 30.2 Å². The predicted molar refractivity (Wildman–Crippen MR) is 184 cm³/mol. The summed E-state index contributed by atoms with van der Waals surface area (Å²) in [7, 11) is 0. The second kappa shape index (κ2) is 14.1. The number of carbonyl (C=O) groups excluding carboxylic acids is 2. The van der Waals surface area contributed by atoms with E-state index in [4.69, 9.17) is 26.1 Å². The van der Waals surface area contributed by atoms with E-state index in [2.05, 4.69) is 27.9 Å². The average molecular weight is 724 g/mol. The molecule has 4 aromatic carbocycles. The number of thioether (sulfide) groups is 1. The quantitative estimate of drug-likeness (QED) is 0.139. The lowest BCUT2D eigenvalue weighted by molar-refractivity contribution is -0.118. The minimum Gasteiger partial charge on any atom is -0.490 e. The van der Waals surface area contributed by atoms with Gasteiger partial charge in [0.1, 0.15) is 0 Å². The van der Waals surface area contributed by atoms with Crippen molar-refractivity contribution in [2.45, 2.75) is 13.8 Å². The first-order valence-corrected chi connectivity index (χ1v) is 15.7. The Balaban J connectivity index is 1.39. The average Bonchev–Trinajstić information content (AvgIpc) is 3.29.